The molecular weight excluding hydrogens is 408 g/mol. The third-order valence-corrected chi connectivity index (χ3v) is 7.21. The quantitative estimate of drug-likeness (QED) is 0.398. The van der Waals surface area contributed by atoms with Gasteiger partial charge in [0.1, 0.15) is 5.60 Å². The maximum absolute atomic E-state index is 12.7. The number of fused-ring (bicyclic) bond motifs is 6. The van der Waals surface area contributed by atoms with E-state index >= 15 is 0 Å². The maximum Gasteiger partial charge on any atom is 0.159 e. The predicted molar refractivity (Wildman–Crippen MR) is 129 cm³/mol. The standard InChI is InChI=1S/C30H22O3/c1-17(31)19-11-13-22-21-7-3-4-9-25(21)29(26(22)15-19)30(33)27-10-6-5-8-23(27)24-14-12-20(18(2)32)16-28(24)30/h3-16,29,33H,1-2H3. The van der Waals surface area contributed by atoms with Crippen molar-refractivity contribution < 1.29 is 14.7 Å². The van der Waals surface area contributed by atoms with Crippen molar-refractivity contribution in [3.8, 4) is 22.3 Å². The summed E-state index contributed by atoms with van der Waals surface area (Å²) in [5.74, 6) is -0.458. The Labute approximate surface area is 192 Å². The van der Waals surface area contributed by atoms with Crippen molar-refractivity contribution in [2.75, 3.05) is 0 Å². The fraction of sp³-hybridized carbons (Fsp3) is 0.133. The van der Waals surface area contributed by atoms with Crippen LogP contribution in [0.5, 0.6) is 0 Å². The van der Waals surface area contributed by atoms with E-state index in [0.717, 1.165) is 44.5 Å². The first-order valence-corrected chi connectivity index (χ1v) is 11.1. The summed E-state index contributed by atoms with van der Waals surface area (Å²) in [6, 6.07) is 27.4. The van der Waals surface area contributed by atoms with E-state index < -0.39 is 11.5 Å². The number of hydrogen-bond donors (Lipinski definition) is 1. The van der Waals surface area contributed by atoms with Crippen molar-refractivity contribution in [3.05, 3.63) is 118 Å². The van der Waals surface area contributed by atoms with Crippen molar-refractivity contribution in [2.45, 2.75) is 25.4 Å². The molecule has 0 fully saturated rings. The molecule has 160 valence electrons. The lowest BCUT2D eigenvalue weighted by atomic mass is 9.74. The number of Topliss-reactive ketones (excluding diaryl/α,β-unsaturated/α-hetero) is 2. The van der Waals surface area contributed by atoms with Gasteiger partial charge < -0.3 is 5.11 Å². The normalized spacial score (nSPS) is 19.4. The van der Waals surface area contributed by atoms with Gasteiger partial charge in [-0.2, -0.15) is 0 Å². The first kappa shape index (κ1) is 19.8. The van der Waals surface area contributed by atoms with Gasteiger partial charge >= 0.3 is 0 Å². The molecule has 0 amide bonds. The van der Waals surface area contributed by atoms with Crippen LogP contribution in [0.15, 0.2) is 84.9 Å². The zero-order valence-electron chi connectivity index (χ0n) is 18.4. The summed E-state index contributed by atoms with van der Waals surface area (Å²) in [4.78, 5) is 24.5. The highest BCUT2D eigenvalue weighted by Crippen LogP contribution is 2.60. The molecule has 0 saturated heterocycles. The van der Waals surface area contributed by atoms with Crippen molar-refractivity contribution >= 4 is 11.6 Å². The van der Waals surface area contributed by atoms with E-state index in [-0.39, 0.29) is 11.6 Å². The van der Waals surface area contributed by atoms with Gasteiger partial charge in [-0.1, -0.05) is 72.8 Å². The van der Waals surface area contributed by atoms with Crippen LogP contribution >= 0.6 is 0 Å². The number of aliphatic hydroxyl groups is 1. The second-order valence-corrected chi connectivity index (χ2v) is 9.01. The van der Waals surface area contributed by atoms with Crippen LogP contribution in [-0.4, -0.2) is 16.7 Å². The molecule has 0 radical (unpaired) electrons. The van der Waals surface area contributed by atoms with Crippen LogP contribution in [-0.2, 0) is 5.60 Å². The highest BCUT2D eigenvalue weighted by molar-refractivity contribution is 5.97. The molecule has 0 bridgehead atoms. The molecule has 0 heterocycles. The molecule has 0 saturated carbocycles. The molecule has 4 aromatic rings. The summed E-state index contributed by atoms with van der Waals surface area (Å²) in [7, 11) is 0. The summed E-state index contributed by atoms with van der Waals surface area (Å²) in [5, 5.41) is 12.7. The Kier molecular flexibility index (Phi) is 4.11. The Bertz CT molecular complexity index is 1500. The van der Waals surface area contributed by atoms with E-state index in [1.807, 2.05) is 72.8 Å². The summed E-state index contributed by atoms with van der Waals surface area (Å²) < 4.78 is 0. The number of hydrogen-bond acceptors (Lipinski definition) is 3. The Morgan fingerprint density at radius 1 is 0.636 bits per heavy atom. The average Bonchev–Trinajstić information content (AvgIpc) is 3.29. The summed E-state index contributed by atoms with van der Waals surface area (Å²) in [5.41, 5.74) is 7.33. The topological polar surface area (TPSA) is 54.4 Å². The SMILES string of the molecule is CC(=O)c1ccc2c(c1)C(C1(O)c3ccccc3-c3ccc(C(C)=O)cc31)c1ccccc1-2. The lowest BCUT2D eigenvalue weighted by Crippen LogP contribution is -2.33. The van der Waals surface area contributed by atoms with Crippen LogP contribution in [0, 0.1) is 0 Å². The number of ketones is 2. The zero-order chi connectivity index (χ0) is 22.9. The van der Waals surface area contributed by atoms with Gasteiger partial charge in [0, 0.05) is 17.0 Å². The van der Waals surface area contributed by atoms with Crippen LogP contribution in [0.1, 0.15) is 62.7 Å². The van der Waals surface area contributed by atoms with Crippen LogP contribution in [0.3, 0.4) is 0 Å². The highest BCUT2D eigenvalue weighted by Gasteiger charge is 2.52. The van der Waals surface area contributed by atoms with E-state index in [0.29, 0.717) is 11.1 Å². The van der Waals surface area contributed by atoms with Crippen molar-refractivity contribution in [1.29, 1.82) is 0 Å². The third kappa shape index (κ3) is 2.60. The summed E-state index contributed by atoms with van der Waals surface area (Å²) >= 11 is 0. The second-order valence-electron chi connectivity index (χ2n) is 9.01. The maximum atomic E-state index is 12.7. The van der Waals surface area contributed by atoms with E-state index in [2.05, 4.69) is 12.1 Å². The van der Waals surface area contributed by atoms with Crippen LogP contribution in [0.25, 0.3) is 22.3 Å². The molecule has 33 heavy (non-hydrogen) atoms. The van der Waals surface area contributed by atoms with Gasteiger partial charge in [0.2, 0.25) is 0 Å². The predicted octanol–water partition coefficient (Wildman–Crippen LogP) is 6.12. The Morgan fingerprint density at radius 2 is 1.18 bits per heavy atom. The van der Waals surface area contributed by atoms with Crippen LogP contribution in [0.4, 0.5) is 0 Å². The van der Waals surface area contributed by atoms with Crippen LogP contribution < -0.4 is 0 Å². The minimum Gasteiger partial charge on any atom is -0.379 e. The largest absolute Gasteiger partial charge is 0.379 e. The van der Waals surface area contributed by atoms with Gasteiger partial charge in [-0.05, 0) is 70.5 Å². The van der Waals surface area contributed by atoms with Crippen molar-refractivity contribution in [1.82, 2.24) is 0 Å². The molecule has 1 N–H and O–H groups in total. The number of benzene rings is 4. The molecule has 4 aromatic carbocycles. The molecule has 0 aromatic heterocycles. The zero-order valence-corrected chi connectivity index (χ0v) is 18.4. The van der Waals surface area contributed by atoms with Crippen LogP contribution in [0.2, 0.25) is 0 Å². The van der Waals surface area contributed by atoms with Gasteiger partial charge in [0.15, 0.2) is 11.6 Å². The van der Waals surface area contributed by atoms with Crippen molar-refractivity contribution in [3.63, 3.8) is 0 Å². The minimum atomic E-state index is -1.38. The highest BCUT2D eigenvalue weighted by atomic mass is 16.3. The van der Waals surface area contributed by atoms with Gasteiger partial charge in [-0.15, -0.1) is 0 Å². The van der Waals surface area contributed by atoms with E-state index in [1.54, 1.807) is 13.8 Å². The Balaban J connectivity index is 1.71. The Morgan fingerprint density at radius 3 is 1.91 bits per heavy atom. The number of carbonyl (C=O) groups excluding carboxylic acids is 2. The fourth-order valence-electron chi connectivity index (χ4n) is 5.70. The molecular formula is C30H22O3. The molecule has 3 heteroatoms. The average molecular weight is 431 g/mol. The first-order chi connectivity index (χ1) is 15.9. The molecule has 2 aliphatic rings. The fourth-order valence-corrected chi connectivity index (χ4v) is 5.70. The molecule has 6 rings (SSSR count). The van der Waals surface area contributed by atoms with Gasteiger partial charge in [-0.3, -0.25) is 9.59 Å². The summed E-state index contributed by atoms with van der Waals surface area (Å²) in [6.07, 6.45) is 0. The van der Waals surface area contributed by atoms with E-state index in [9.17, 15) is 14.7 Å². The molecule has 3 nitrogen and oxygen atoms in total. The first-order valence-electron chi connectivity index (χ1n) is 11.1. The monoisotopic (exact) mass is 430 g/mol. The molecule has 2 unspecified atom stereocenters. The minimum absolute atomic E-state index is 0.00872. The van der Waals surface area contributed by atoms with E-state index in [1.165, 1.54) is 0 Å². The summed E-state index contributed by atoms with van der Waals surface area (Å²) in [6.45, 7) is 3.11. The second kappa shape index (κ2) is 6.84. The van der Waals surface area contributed by atoms with Gasteiger partial charge in [0.25, 0.3) is 0 Å². The number of rotatable bonds is 3. The smallest absolute Gasteiger partial charge is 0.159 e. The van der Waals surface area contributed by atoms with Gasteiger partial charge in [-0.25, -0.2) is 0 Å². The molecule has 2 atom stereocenters. The van der Waals surface area contributed by atoms with Crippen molar-refractivity contribution in [2.24, 2.45) is 0 Å². The Hall–Kier alpha value is -3.82. The lowest BCUT2D eigenvalue weighted by Gasteiger charge is -2.34. The molecule has 0 aliphatic heterocycles. The molecule has 0 spiro atoms. The number of carbonyl (C=O) groups is 2. The molecule has 2 aliphatic carbocycles. The van der Waals surface area contributed by atoms with E-state index in [4.69, 9.17) is 0 Å². The van der Waals surface area contributed by atoms with Gasteiger partial charge in [0.05, 0.1) is 0 Å². The lowest BCUT2D eigenvalue weighted by molar-refractivity contribution is 0.0684. The third-order valence-electron chi connectivity index (χ3n) is 7.21.